The average Bonchev–Trinajstić information content (AvgIpc) is 2.58. The molecule has 0 aliphatic heterocycles. The van der Waals surface area contributed by atoms with E-state index in [2.05, 4.69) is 6.92 Å². The lowest BCUT2D eigenvalue weighted by Crippen LogP contribution is -2.33. The van der Waals surface area contributed by atoms with E-state index in [1.54, 1.807) is 0 Å². The van der Waals surface area contributed by atoms with Gasteiger partial charge in [0, 0.05) is 19.5 Å². The molecule has 1 saturated carbocycles. The fraction of sp³-hybridized carbons (Fsp3) is 0.929. The zero-order valence-electron chi connectivity index (χ0n) is 11.3. The Balaban J connectivity index is 2.33. The van der Waals surface area contributed by atoms with Gasteiger partial charge in [-0.1, -0.05) is 25.7 Å². The van der Waals surface area contributed by atoms with Gasteiger partial charge in [0.25, 0.3) is 0 Å². The molecule has 0 unspecified atom stereocenters. The monoisotopic (exact) mass is 240 g/mol. The predicted molar refractivity (Wildman–Crippen MR) is 71.7 cm³/mol. The summed E-state index contributed by atoms with van der Waals surface area (Å²) in [6.45, 7) is 4.39. The SMILES string of the molecule is CCN(CCCN)C(=O)CC1CCCCCC1. The quantitative estimate of drug-likeness (QED) is 0.725. The van der Waals surface area contributed by atoms with Crippen LogP contribution >= 0.6 is 0 Å². The number of amides is 1. The highest BCUT2D eigenvalue weighted by Crippen LogP contribution is 2.25. The van der Waals surface area contributed by atoms with Gasteiger partial charge < -0.3 is 10.6 Å². The number of nitrogens with zero attached hydrogens (tertiary/aromatic N) is 1. The second kappa shape index (κ2) is 8.51. The molecule has 0 spiro atoms. The number of hydrogen-bond acceptors (Lipinski definition) is 2. The van der Waals surface area contributed by atoms with E-state index >= 15 is 0 Å². The molecule has 0 aromatic rings. The second-order valence-corrected chi connectivity index (χ2v) is 5.18. The standard InChI is InChI=1S/C14H28N2O/c1-2-16(11-7-10-15)14(17)12-13-8-5-3-4-6-9-13/h13H,2-12,15H2,1H3. The van der Waals surface area contributed by atoms with Crippen LogP contribution in [0.2, 0.25) is 0 Å². The first kappa shape index (κ1) is 14.5. The Morgan fingerprint density at radius 1 is 1.24 bits per heavy atom. The van der Waals surface area contributed by atoms with Crippen LogP contribution in [0.25, 0.3) is 0 Å². The van der Waals surface area contributed by atoms with Crippen LogP contribution < -0.4 is 5.73 Å². The molecule has 1 amide bonds. The zero-order valence-corrected chi connectivity index (χ0v) is 11.3. The van der Waals surface area contributed by atoms with E-state index in [-0.39, 0.29) is 0 Å². The fourth-order valence-corrected chi connectivity index (χ4v) is 2.69. The minimum atomic E-state index is 0.341. The van der Waals surface area contributed by atoms with Gasteiger partial charge in [-0.05, 0) is 38.6 Å². The summed E-state index contributed by atoms with van der Waals surface area (Å²) < 4.78 is 0. The normalized spacial score (nSPS) is 17.8. The van der Waals surface area contributed by atoms with Gasteiger partial charge in [-0.15, -0.1) is 0 Å². The summed E-state index contributed by atoms with van der Waals surface area (Å²) in [5.74, 6) is 0.977. The van der Waals surface area contributed by atoms with Crippen LogP contribution in [-0.2, 0) is 4.79 Å². The first-order valence-electron chi connectivity index (χ1n) is 7.25. The Kier molecular flexibility index (Phi) is 7.25. The maximum Gasteiger partial charge on any atom is 0.222 e. The van der Waals surface area contributed by atoms with Gasteiger partial charge in [-0.2, -0.15) is 0 Å². The van der Waals surface area contributed by atoms with E-state index in [1.165, 1.54) is 38.5 Å². The summed E-state index contributed by atoms with van der Waals surface area (Å²) in [4.78, 5) is 14.1. The van der Waals surface area contributed by atoms with Crippen LogP contribution in [0.3, 0.4) is 0 Å². The fourth-order valence-electron chi connectivity index (χ4n) is 2.69. The summed E-state index contributed by atoms with van der Waals surface area (Å²) in [6.07, 6.45) is 9.52. The van der Waals surface area contributed by atoms with E-state index in [0.29, 0.717) is 18.4 Å². The molecule has 2 N–H and O–H groups in total. The molecule has 1 aliphatic carbocycles. The third kappa shape index (κ3) is 5.53. The Morgan fingerprint density at radius 2 is 1.88 bits per heavy atom. The zero-order chi connectivity index (χ0) is 12.5. The molecule has 0 bridgehead atoms. The van der Waals surface area contributed by atoms with Gasteiger partial charge in [-0.25, -0.2) is 0 Å². The Bertz CT molecular complexity index is 210. The van der Waals surface area contributed by atoms with Crippen molar-refractivity contribution in [2.75, 3.05) is 19.6 Å². The van der Waals surface area contributed by atoms with Crippen molar-refractivity contribution in [2.45, 2.75) is 58.3 Å². The van der Waals surface area contributed by atoms with Crippen LogP contribution in [0, 0.1) is 5.92 Å². The number of rotatable bonds is 6. The Hall–Kier alpha value is -0.570. The number of hydrogen-bond donors (Lipinski definition) is 1. The lowest BCUT2D eigenvalue weighted by Gasteiger charge is -2.23. The summed E-state index contributed by atoms with van der Waals surface area (Å²) in [7, 11) is 0. The molecule has 0 heterocycles. The summed E-state index contributed by atoms with van der Waals surface area (Å²) in [5, 5.41) is 0. The van der Waals surface area contributed by atoms with Gasteiger partial charge in [0.1, 0.15) is 0 Å². The van der Waals surface area contributed by atoms with Crippen molar-refractivity contribution in [3.8, 4) is 0 Å². The topological polar surface area (TPSA) is 46.3 Å². The predicted octanol–water partition coefficient (Wildman–Crippen LogP) is 2.54. The largest absolute Gasteiger partial charge is 0.343 e. The van der Waals surface area contributed by atoms with Crippen LogP contribution in [0.15, 0.2) is 0 Å². The minimum absolute atomic E-state index is 0.341. The molecule has 1 aliphatic rings. The van der Waals surface area contributed by atoms with Gasteiger partial charge in [0.05, 0.1) is 0 Å². The highest BCUT2D eigenvalue weighted by molar-refractivity contribution is 5.76. The number of nitrogens with two attached hydrogens (primary N) is 1. The summed E-state index contributed by atoms with van der Waals surface area (Å²) >= 11 is 0. The molecule has 0 aromatic heterocycles. The van der Waals surface area contributed by atoms with E-state index in [1.807, 2.05) is 4.90 Å². The molecule has 17 heavy (non-hydrogen) atoms. The van der Waals surface area contributed by atoms with E-state index in [9.17, 15) is 4.79 Å². The number of carbonyl (C=O) groups excluding carboxylic acids is 1. The van der Waals surface area contributed by atoms with Gasteiger partial charge in [0.15, 0.2) is 0 Å². The van der Waals surface area contributed by atoms with Gasteiger partial charge in [0.2, 0.25) is 5.91 Å². The second-order valence-electron chi connectivity index (χ2n) is 5.18. The Labute approximate surface area is 106 Å². The van der Waals surface area contributed by atoms with E-state index < -0.39 is 0 Å². The van der Waals surface area contributed by atoms with E-state index in [0.717, 1.165) is 25.9 Å². The van der Waals surface area contributed by atoms with Crippen molar-refractivity contribution < 1.29 is 4.79 Å². The third-order valence-electron chi connectivity index (χ3n) is 3.80. The molecule has 1 fully saturated rings. The molecule has 0 aromatic carbocycles. The molecule has 0 saturated heterocycles. The first-order valence-corrected chi connectivity index (χ1v) is 7.25. The highest BCUT2D eigenvalue weighted by atomic mass is 16.2. The molecule has 1 rings (SSSR count). The smallest absolute Gasteiger partial charge is 0.222 e. The van der Waals surface area contributed by atoms with Crippen molar-refractivity contribution in [1.82, 2.24) is 4.90 Å². The maximum absolute atomic E-state index is 12.1. The van der Waals surface area contributed by atoms with Crippen molar-refractivity contribution in [1.29, 1.82) is 0 Å². The van der Waals surface area contributed by atoms with Gasteiger partial charge >= 0.3 is 0 Å². The molecule has 3 nitrogen and oxygen atoms in total. The van der Waals surface area contributed by atoms with E-state index in [4.69, 9.17) is 5.73 Å². The number of carbonyl (C=O) groups is 1. The molecular weight excluding hydrogens is 212 g/mol. The molecule has 3 heteroatoms. The van der Waals surface area contributed by atoms with Crippen molar-refractivity contribution >= 4 is 5.91 Å². The maximum atomic E-state index is 12.1. The third-order valence-corrected chi connectivity index (χ3v) is 3.80. The van der Waals surface area contributed by atoms with Crippen LogP contribution in [0.5, 0.6) is 0 Å². The van der Waals surface area contributed by atoms with Crippen LogP contribution in [-0.4, -0.2) is 30.4 Å². The summed E-state index contributed by atoms with van der Waals surface area (Å²) in [6, 6.07) is 0. The summed E-state index contributed by atoms with van der Waals surface area (Å²) in [5.41, 5.74) is 5.50. The average molecular weight is 240 g/mol. The van der Waals surface area contributed by atoms with Gasteiger partial charge in [-0.3, -0.25) is 4.79 Å². The molecule has 0 radical (unpaired) electrons. The van der Waals surface area contributed by atoms with Crippen molar-refractivity contribution in [3.05, 3.63) is 0 Å². The Morgan fingerprint density at radius 3 is 2.41 bits per heavy atom. The molecular formula is C14H28N2O. The first-order chi connectivity index (χ1) is 8.27. The van der Waals surface area contributed by atoms with Crippen LogP contribution in [0.4, 0.5) is 0 Å². The van der Waals surface area contributed by atoms with Crippen molar-refractivity contribution in [3.63, 3.8) is 0 Å². The molecule has 100 valence electrons. The lowest BCUT2D eigenvalue weighted by molar-refractivity contribution is -0.132. The van der Waals surface area contributed by atoms with Crippen molar-refractivity contribution in [2.24, 2.45) is 11.7 Å². The highest BCUT2D eigenvalue weighted by Gasteiger charge is 2.19. The molecule has 0 atom stereocenters. The lowest BCUT2D eigenvalue weighted by atomic mass is 9.96. The minimum Gasteiger partial charge on any atom is -0.343 e. The van der Waals surface area contributed by atoms with Crippen LogP contribution in [0.1, 0.15) is 58.3 Å².